The topological polar surface area (TPSA) is 35.2 Å². The van der Waals surface area contributed by atoms with Crippen molar-refractivity contribution < 1.29 is 0 Å². The number of hydrogen-bond acceptors (Lipinski definition) is 3. The van der Waals surface area contributed by atoms with Gasteiger partial charge >= 0.3 is 0 Å². The highest BCUT2D eigenvalue weighted by Gasteiger charge is 2.24. The lowest BCUT2D eigenvalue weighted by atomic mass is 10.0. The minimum absolute atomic E-state index is 0.671. The second-order valence-corrected chi connectivity index (χ2v) is 7.46. The van der Waals surface area contributed by atoms with Gasteiger partial charge in [0, 0.05) is 42.6 Å². The normalized spacial score (nSPS) is 18.4. The van der Waals surface area contributed by atoms with E-state index >= 15 is 0 Å². The highest BCUT2D eigenvalue weighted by molar-refractivity contribution is 5.52. The number of aromatic amines is 1. The Morgan fingerprint density at radius 1 is 1.21 bits per heavy atom. The van der Waals surface area contributed by atoms with E-state index in [-0.39, 0.29) is 0 Å². The number of aryl methyl sites for hydroxylation is 3. The predicted molar refractivity (Wildman–Crippen MR) is 98.5 cm³/mol. The molecule has 4 heteroatoms. The summed E-state index contributed by atoms with van der Waals surface area (Å²) in [7, 11) is 2.25. The molecule has 0 bridgehead atoms. The molecule has 1 fully saturated rings. The summed E-state index contributed by atoms with van der Waals surface area (Å²) >= 11 is 0. The zero-order valence-corrected chi connectivity index (χ0v) is 14.9. The van der Waals surface area contributed by atoms with Crippen LogP contribution in [0.2, 0.25) is 0 Å². The van der Waals surface area contributed by atoms with E-state index in [0.29, 0.717) is 6.04 Å². The molecule has 0 unspecified atom stereocenters. The molecule has 0 saturated carbocycles. The molecule has 1 aliphatic carbocycles. The van der Waals surface area contributed by atoms with Crippen molar-refractivity contribution in [3.05, 3.63) is 46.8 Å². The molecule has 1 aliphatic heterocycles. The molecule has 2 aliphatic rings. The summed E-state index contributed by atoms with van der Waals surface area (Å²) in [4.78, 5) is 5.07. The van der Waals surface area contributed by atoms with Gasteiger partial charge in [-0.1, -0.05) is 6.07 Å². The molecule has 2 aromatic rings. The zero-order valence-electron chi connectivity index (χ0n) is 14.9. The minimum Gasteiger partial charge on any atom is -0.371 e. The van der Waals surface area contributed by atoms with Crippen LogP contribution < -0.4 is 4.90 Å². The van der Waals surface area contributed by atoms with Gasteiger partial charge in [0.15, 0.2) is 0 Å². The Morgan fingerprint density at radius 2 is 2.00 bits per heavy atom. The second kappa shape index (κ2) is 6.60. The molecule has 0 spiro atoms. The molecule has 0 radical (unpaired) electrons. The van der Waals surface area contributed by atoms with E-state index in [9.17, 15) is 0 Å². The molecule has 4 nitrogen and oxygen atoms in total. The Kier molecular flexibility index (Phi) is 4.31. The fourth-order valence-electron chi connectivity index (χ4n) is 4.25. The van der Waals surface area contributed by atoms with E-state index in [0.717, 1.165) is 19.6 Å². The van der Waals surface area contributed by atoms with Gasteiger partial charge in [0.1, 0.15) is 0 Å². The van der Waals surface area contributed by atoms with Gasteiger partial charge in [0.2, 0.25) is 0 Å². The van der Waals surface area contributed by atoms with Gasteiger partial charge < -0.3 is 4.90 Å². The number of rotatable bonds is 4. The zero-order chi connectivity index (χ0) is 16.5. The molecule has 128 valence electrons. The maximum absolute atomic E-state index is 4.14. The lowest BCUT2D eigenvalue weighted by Gasteiger charge is -2.38. The molecule has 0 atom stereocenters. The molecular formula is C20H28N4. The van der Waals surface area contributed by atoms with Gasteiger partial charge in [-0.05, 0) is 69.3 Å². The van der Waals surface area contributed by atoms with Crippen LogP contribution in [0.4, 0.5) is 5.69 Å². The number of hydrogen-bond donors (Lipinski definition) is 1. The summed E-state index contributed by atoms with van der Waals surface area (Å²) in [5.74, 6) is 0. The number of H-pyrrole nitrogens is 1. The maximum atomic E-state index is 4.14. The first-order chi connectivity index (χ1) is 11.7. The van der Waals surface area contributed by atoms with Crippen LogP contribution >= 0.6 is 0 Å². The van der Waals surface area contributed by atoms with E-state index in [4.69, 9.17) is 0 Å². The number of fused-ring (bicyclic) bond motifs is 1. The number of nitrogens with zero attached hydrogens (tertiary/aromatic N) is 3. The Morgan fingerprint density at radius 3 is 2.75 bits per heavy atom. The minimum atomic E-state index is 0.671. The summed E-state index contributed by atoms with van der Waals surface area (Å²) in [5, 5.41) is 7.18. The average molecular weight is 324 g/mol. The molecule has 1 N–H and O–H groups in total. The summed E-state index contributed by atoms with van der Waals surface area (Å²) in [5.41, 5.74) is 7.10. The highest BCUT2D eigenvalue weighted by atomic mass is 15.2. The van der Waals surface area contributed by atoms with Crippen molar-refractivity contribution in [2.75, 3.05) is 25.0 Å². The summed E-state index contributed by atoms with van der Waals surface area (Å²) < 4.78 is 0. The van der Waals surface area contributed by atoms with E-state index in [1.807, 2.05) is 6.20 Å². The molecule has 2 heterocycles. The number of aromatic nitrogens is 2. The van der Waals surface area contributed by atoms with Crippen molar-refractivity contribution in [2.45, 2.75) is 51.6 Å². The first-order valence-electron chi connectivity index (χ1n) is 9.26. The molecule has 1 aromatic heterocycles. The maximum Gasteiger partial charge on any atom is 0.0535 e. The smallest absolute Gasteiger partial charge is 0.0535 e. The Labute approximate surface area is 144 Å². The SMILES string of the molecule is Cc1[nH]ncc1CN(C)C1CCN(c2ccc3c(c2)CCC3)CC1. The number of nitrogens with one attached hydrogen (secondary N) is 1. The average Bonchev–Trinajstić information content (AvgIpc) is 3.23. The van der Waals surface area contributed by atoms with E-state index in [1.54, 1.807) is 11.1 Å². The van der Waals surface area contributed by atoms with Crippen molar-refractivity contribution in [3.63, 3.8) is 0 Å². The summed E-state index contributed by atoms with van der Waals surface area (Å²) in [6, 6.07) is 7.81. The molecular weight excluding hydrogens is 296 g/mol. The van der Waals surface area contributed by atoms with Crippen LogP contribution in [0.1, 0.15) is 41.6 Å². The quantitative estimate of drug-likeness (QED) is 0.937. The number of anilines is 1. The van der Waals surface area contributed by atoms with E-state index < -0.39 is 0 Å². The van der Waals surface area contributed by atoms with E-state index in [2.05, 4.69) is 52.2 Å². The van der Waals surface area contributed by atoms with Gasteiger partial charge in [-0.3, -0.25) is 10.00 Å². The van der Waals surface area contributed by atoms with Crippen molar-refractivity contribution in [3.8, 4) is 0 Å². The third-order valence-electron chi connectivity index (χ3n) is 5.89. The molecule has 24 heavy (non-hydrogen) atoms. The van der Waals surface area contributed by atoms with Crippen molar-refractivity contribution in [2.24, 2.45) is 0 Å². The third-order valence-corrected chi connectivity index (χ3v) is 5.89. The number of piperidine rings is 1. The first-order valence-corrected chi connectivity index (χ1v) is 9.26. The lowest BCUT2D eigenvalue weighted by Crippen LogP contribution is -2.43. The van der Waals surface area contributed by atoms with Crippen LogP contribution in [0.5, 0.6) is 0 Å². The van der Waals surface area contributed by atoms with E-state index in [1.165, 1.54) is 49.0 Å². The predicted octanol–water partition coefficient (Wildman–Crippen LogP) is 3.31. The molecule has 1 saturated heterocycles. The van der Waals surface area contributed by atoms with Crippen LogP contribution in [-0.2, 0) is 19.4 Å². The van der Waals surface area contributed by atoms with Gasteiger partial charge in [-0.2, -0.15) is 5.10 Å². The monoisotopic (exact) mass is 324 g/mol. The van der Waals surface area contributed by atoms with Crippen LogP contribution in [0.15, 0.2) is 24.4 Å². The van der Waals surface area contributed by atoms with Crippen molar-refractivity contribution in [1.82, 2.24) is 15.1 Å². The van der Waals surface area contributed by atoms with Crippen LogP contribution in [0.25, 0.3) is 0 Å². The summed E-state index contributed by atoms with van der Waals surface area (Å²) in [6.45, 7) is 5.43. The largest absolute Gasteiger partial charge is 0.371 e. The summed E-state index contributed by atoms with van der Waals surface area (Å²) in [6.07, 6.45) is 8.32. The fourth-order valence-corrected chi connectivity index (χ4v) is 4.25. The van der Waals surface area contributed by atoms with Gasteiger partial charge in [0.25, 0.3) is 0 Å². The lowest BCUT2D eigenvalue weighted by molar-refractivity contribution is 0.200. The van der Waals surface area contributed by atoms with Crippen LogP contribution in [0.3, 0.4) is 0 Å². The van der Waals surface area contributed by atoms with Crippen molar-refractivity contribution >= 4 is 5.69 Å². The van der Waals surface area contributed by atoms with Crippen LogP contribution in [0, 0.1) is 6.92 Å². The molecule has 4 rings (SSSR count). The molecule has 1 aromatic carbocycles. The van der Waals surface area contributed by atoms with Gasteiger partial charge in [0.05, 0.1) is 6.20 Å². The highest BCUT2D eigenvalue weighted by Crippen LogP contribution is 2.29. The molecule has 0 amide bonds. The Hall–Kier alpha value is -1.81. The third kappa shape index (κ3) is 3.07. The standard InChI is InChI=1S/C20H28N4/c1-15-18(13-21-22-15)14-23(2)19-8-10-24(11-9-19)20-7-6-16-4-3-5-17(16)12-20/h6-7,12-13,19H,3-5,8-11,14H2,1-2H3,(H,21,22). The van der Waals surface area contributed by atoms with Crippen molar-refractivity contribution in [1.29, 1.82) is 0 Å². The Bertz CT molecular complexity index is 697. The first kappa shape index (κ1) is 15.7. The number of benzene rings is 1. The fraction of sp³-hybridized carbons (Fsp3) is 0.550. The second-order valence-electron chi connectivity index (χ2n) is 7.46. The van der Waals surface area contributed by atoms with Crippen LogP contribution in [-0.4, -0.2) is 41.3 Å². The van der Waals surface area contributed by atoms with Gasteiger partial charge in [-0.25, -0.2) is 0 Å². The Balaban J connectivity index is 1.35. The van der Waals surface area contributed by atoms with Gasteiger partial charge in [-0.15, -0.1) is 0 Å².